The van der Waals surface area contributed by atoms with Gasteiger partial charge in [-0.15, -0.1) is 0 Å². The molecule has 0 atom stereocenters. The number of hydrogen-bond donors (Lipinski definition) is 2. The van der Waals surface area contributed by atoms with Crippen molar-refractivity contribution >= 4 is 29.6 Å². The number of hydrogen-bond acceptors (Lipinski definition) is 7. The molecule has 7 nitrogen and oxygen atoms in total. The third-order valence-corrected chi connectivity index (χ3v) is 4.06. The topological polar surface area (TPSA) is 97.5 Å². The highest BCUT2D eigenvalue weighted by Gasteiger charge is 2.10. The second-order valence-electron chi connectivity index (χ2n) is 5.09. The Morgan fingerprint density at radius 1 is 1.50 bits per heavy atom. The maximum absolute atomic E-state index is 11.4. The smallest absolute Gasteiger partial charge is 0.397 e. The van der Waals surface area contributed by atoms with Gasteiger partial charge in [0.2, 0.25) is 5.06 Å². The molecule has 0 aliphatic heterocycles. The Labute approximate surface area is 144 Å². The van der Waals surface area contributed by atoms with Gasteiger partial charge in [-0.3, -0.25) is 0 Å². The van der Waals surface area contributed by atoms with E-state index in [9.17, 15) is 4.79 Å². The standard InChI is InChI=1S/C16H21N3O4S/c1-3-4-5-13-12(11(2)23-19-13)6-7-14-18-10-15(24-14)22-16(21)17-8-9-20/h6-7,10,20H,3-5,8-9H2,1-2H3,(H,17,21)/b7-6+. The summed E-state index contributed by atoms with van der Waals surface area (Å²) in [4.78, 5) is 15.6. The zero-order valence-corrected chi connectivity index (χ0v) is 14.6. The molecule has 2 aromatic rings. The molecule has 0 radical (unpaired) electrons. The third-order valence-electron chi connectivity index (χ3n) is 3.22. The number of thiazole rings is 1. The normalized spacial score (nSPS) is 11.1. The van der Waals surface area contributed by atoms with E-state index in [1.807, 2.05) is 19.1 Å². The van der Waals surface area contributed by atoms with E-state index in [2.05, 4.69) is 22.4 Å². The van der Waals surface area contributed by atoms with Crippen LogP contribution in [0.2, 0.25) is 0 Å². The largest absolute Gasteiger partial charge is 0.413 e. The molecule has 0 aliphatic rings. The van der Waals surface area contributed by atoms with Crippen LogP contribution < -0.4 is 10.1 Å². The van der Waals surface area contributed by atoms with Crippen molar-refractivity contribution in [3.63, 3.8) is 0 Å². The van der Waals surface area contributed by atoms with Crippen molar-refractivity contribution in [3.8, 4) is 5.06 Å². The average Bonchev–Trinajstić information content (AvgIpc) is 3.15. The van der Waals surface area contributed by atoms with Crippen molar-refractivity contribution in [2.75, 3.05) is 13.2 Å². The van der Waals surface area contributed by atoms with Gasteiger partial charge in [-0.1, -0.05) is 29.8 Å². The lowest BCUT2D eigenvalue weighted by Gasteiger charge is -2.01. The SMILES string of the molecule is CCCCc1noc(C)c1/C=C/c1ncc(OC(=O)NCCO)s1. The van der Waals surface area contributed by atoms with Crippen molar-refractivity contribution in [1.82, 2.24) is 15.5 Å². The molecule has 0 spiro atoms. The summed E-state index contributed by atoms with van der Waals surface area (Å²) in [5.74, 6) is 0.772. The van der Waals surface area contributed by atoms with Gasteiger partial charge >= 0.3 is 6.09 Å². The molecule has 0 saturated carbocycles. The van der Waals surface area contributed by atoms with Gasteiger partial charge in [0.1, 0.15) is 10.8 Å². The van der Waals surface area contributed by atoms with E-state index < -0.39 is 6.09 Å². The van der Waals surface area contributed by atoms with Gasteiger partial charge in [0.15, 0.2) is 0 Å². The fourth-order valence-electron chi connectivity index (χ4n) is 2.00. The summed E-state index contributed by atoms with van der Waals surface area (Å²) in [6, 6.07) is 0. The summed E-state index contributed by atoms with van der Waals surface area (Å²) in [5, 5.41) is 16.2. The van der Waals surface area contributed by atoms with E-state index >= 15 is 0 Å². The zero-order valence-electron chi connectivity index (χ0n) is 13.7. The Bertz CT molecular complexity index is 693. The minimum atomic E-state index is -0.611. The highest BCUT2D eigenvalue weighted by Crippen LogP contribution is 2.24. The lowest BCUT2D eigenvalue weighted by molar-refractivity contribution is 0.197. The first-order valence-electron chi connectivity index (χ1n) is 7.79. The Morgan fingerprint density at radius 3 is 3.08 bits per heavy atom. The van der Waals surface area contributed by atoms with Crippen molar-refractivity contribution in [2.24, 2.45) is 0 Å². The minimum Gasteiger partial charge on any atom is -0.397 e. The Hall–Kier alpha value is -2.19. The summed E-state index contributed by atoms with van der Waals surface area (Å²) in [5.41, 5.74) is 1.92. The molecule has 0 aliphatic carbocycles. The van der Waals surface area contributed by atoms with Gasteiger partial charge in [0.05, 0.1) is 18.5 Å². The maximum Gasteiger partial charge on any atom is 0.413 e. The van der Waals surface area contributed by atoms with Crippen molar-refractivity contribution in [2.45, 2.75) is 33.1 Å². The van der Waals surface area contributed by atoms with Gasteiger partial charge in [-0.25, -0.2) is 9.78 Å². The molecule has 2 heterocycles. The number of aliphatic hydroxyl groups excluding tert-OH is 1. The molecule has 24 heavy (non-hydrogen) atoms. The molecule has 8 heteroatoms. The molecule has 2 rings (SSSR count). The summed E-state index contributed by atoms with van der Waals surface area (Å²) in [6.45, 7) is 4.03. The first-order chi connectivity index (χ1) is 11.6. The fourth-order valence-corrected chi connectivity index (χ4v) is 2.67. The third kappa shape index (κ3) is 5.17. The van der Waals surface area contributed by atoms with E-state index in [1.54, 1.807) is 0 Å². The van der Waals surface area contributed by atoms with Gasteiger partial charge in [0, 0.05) is 12.1 Å². The van der Waals surface area contributed by atoms with Crippen LogP contribution in [0.25, 0.3) is 12.2 Å². The number of nitrogens with zero attached hydrogens (tertiary/aromatic N) is 2. The van der Waals surface area contributed by atoms with Crippen LogP contribution >= 0.6 is 11.3 Å². The number of aryl methyl sites for hydroxylation is 2. The lowest BCUT2D eigenvalue weighted by atomic mass is 10.1. The van der Waals surface area contributed by atoms with E-state index in [4.69, 9.17) is 14.4 Å². The zero-order chi connectivity index (χ0) is 17.4. The summed E-state index contributed by atoms with van der Waals surface area (Å²) in [6.07, 6.45) is 7.68. The Kier molecular flexibility index (Phi) is 6.95. The number of rotatable bonds is 8. The fraction of sp³-hybridized carbons (Fsp3) is 0.438. The molecule has 0 fully saturated rings. The highest BCUT2D eigenvalue weighted by atomic mass is 32.1. The van der Waals surface area contributed by atoms with Crippen molar-refractivity contribution < 1.29 is 19.2 Å². The van der Waals surface area contributed by atoms with Gasteiger partial charge in [-0.05, 0) is 31.9 Å². The summed E-state index contributed by atoms with van der Waals surface area (Å²) >= 11 is 1.25. The van der Waals surface area contributed by atoms with Crippen LogP contribution in [-0.2, 0) is 6.42 Å². The van der Waals surface area contributed by atoms with E-state index in [1.165, 1.54) is 17.5 Å². The molecule has 1 amide bonds. The van der Waals surface area contributed by atoms with Gasteiger partial charge in [-0.2, -0.15) is 0 Å². The second-order valence-corrected chi connectivity index (χ2v) is 6.12. The number of nitrogens with one attached hydrogen (secondary N) is 1. The molecule has 0 aromatic carbocycles. The van der Waals surface area contributed by atoms with E-state index in [0.29, 0.717) is 10.1 Å². The molecular weight excluding hydrogens is 330 g/mol. The number of unbranched alkanes of at least 4 members (excludes halogenated alkanes) is 1. The quantitative estimate of drug-likeness (QED) is 0.759. The molecule has 0 bridgehead atoms. The van der Waals surface area contributed by atoms with Crippen molar-refractivity contribution in [3.05, 3.63) is 28.2 Å². The van der Waals surface area contributed by atoms with Crippen LogP contribution in [0.1, 0.15) is 41.8 Å². The summed E-state index contributed by atoms with van der Waals surface area (Å²) in [7, 11) is 0. The van der Waals surface area contributed by atoms with Crippen molar-refractivity contribution in [1.29, 1.82) is 0 Å². The van der Waals surface area contributed by atoms with Gasteiger partial charge < -0.3 is 19.7 Å². The Balaban J connectivity index is 2.00. The van der Waals surface area contributed by atoms with Crippen LogP contribution in [0.4, 0.5) is 4.79 Å². The highest BCUT2D eigenvalue weighted by molar-refractivity contribution is 7.14. The van der Waals surface area contributed by atoms with E-state index in [-0.39, 0.29) is 13.2 Å². The van der Waals surface area contributed by atoms with Gasteiger partial charge in [0.25, 0.3) is 0 Å². The Morgan fingerprint density at radius 2 is 2.33 bits per heavy atom. The van der Waals surface area contributed by atoms with Crippen LogP contribution in [-0.4, -0.2) is 34.5 Å². The van der Waals surface area contributed by atoms with Crippen LogP contribution in [0.5, 0.6) is 5.06 Å². The van der Waals surface area contributed by atoms with Crippen LogP contribution in [0.3, 0.4) is 0 Å². The molecular formula is C16H21N3O4S. The predicted molar refractivity (Wildman–Crippen MR) is 92.0 cm³/mol. The number of carbonyl (C=O) groups is 1. The van der Waals surface area contributed by atoms with Crippen LogP contribution in [0, 0.1) is 6.92 Å². The number of carbonyl (C=O) groups excluding carboxylic acids is 1. The molecule has 130 valence electrons. The molecule has 0 unspecified atom stereocenters. The molecule has 2 aromatic heterocycles. The van der Waals surface area contributed by atoms with Crippen LogP contribution in [0.15, 0.2) is 10.7 Å². The average molecular weight is 351 g/mol. The monoisotopic (exact) mass is 351 g/mol. The first kappa shape index (κ1) is 18.2. The molecule has 0 saturated heterocycles. The molecule has 2 N–H and O–H groups in total. The summed E-state index contributed by atoms with van der Waals surface area (Å²) < 4.78 is 10.3. The number of aliphatic hydroxyl groups is 1. The number of amides is 1. The lowest BCUT2D eigenvalue weighted by Crippen LogP contribution is -2.29. The maximum atomic E-state index is 11.4. The second kappa shape index (κ2) is 9.19. The van der Waals surface area contributed by atoms with E-state index in [0.717, 1.165) is 36.3 Å². The first-order valence-corrected chi connectivity index (χ1v) is 8.61. The number of aromatic nitrogens is 2. The minimum absolute atomic E-state index is 0.135. The number of ether oxygens (including phenoxy) is 1. The predicted octanol–water partition coefficient (Wildman–Crippen LogP) is 3.03.